The number of fused-ring (bicyclic) bond motifs is 3. The lowest BCUT2D eigenvalue weighted by Crippen LogP contribution is -2.35. The van der Waals surface area contributed by atoms with Gasteiger partial charge in [-0.05, 0) is 57.3 Å². The lowest BCUT2D eigenvalue weighted by atomic mass is 9.97. The number of aromatic nitrogens is 1. The zero-order chi connectivity index (χ0) is 16.4. The molecular weight excluding hydrogens is 298 g/mol. The highest BCUT2D eigenvalue weighted by molar-refractivity contribution is 5.94. The molecule has 4 nitrogen and oxygen atoms in total. The van der Waals surface area contributed by atoms with E-state index in [1.807, 2.05) is 0 Å². The fourth-order valence-corrected chi connectivity index (χ4v) is 3.93. The van der Waals surface area contributed by atoms with Gasteiger partial charge in [-0.1, -0.05) is 25.1 Å². The predicted molar refractivity (Wildman–Crippen MR) is 98.9 cm³/mol. The summed E-state index contributed by atoms with van der Waals surface area (Å²) in [7, 11) is 0. The Hall–Kier alpha value is -1.81. The molecule has 2 aromatic rings. The Morgan fingerprint density at radius 1 is 1.25 bits per heavy atom. The van der Waals surface area contributed by atoms with Crippen LogP contribution in [-0.2, 0) is 6.42 Å². The minimum Gasteiger partial charge on any atom is -0.477 e. The lowest BCUT2D eigenvalue weighted by Gasteiger charge is -2.31. The summed E-state index contributed by atoms with van der Waals surface area (Å²) in [5, 5.41) is 4.79. The van der Waals surface area contributed by atoms with Crippen LogP contribution in [0.4, 0.5) is 5.69 Å². The minimum absolute atomic E-state index is 0.660. The van der Waals surface area contributed by atoms with Crippen molar-refractivity contribution in [2.75, 3.05) is 38.1 Å². The number of nitrogens with one attached hydrogen (secondary N) is 1. The van der Waals surface area contributed by atoms with E-state index in [1.165, 1.54) is 49.1 Å². The number of likely N-dealkylation sites (tertiary alicyclic amines) is 1. The number of ether oxygens (including phenoxy) is 1. The Labute approximate surface area is 144 Å². The van der Waals surface area contributed by atoms with E-state index < -0.39 is 0 Å². The number of hydrogen-bond donors (Lipinski definition) is 1. The highest BCUT2D eigenvalue weighted by atomic mass is 16.5. The fourth-order valence-electron chi connectivity index (χ4n) is 3.93. The van der Waals surface area contributed by atoms with E-state index in [0.717, 1.165) is 37.4 Å². The molecule has 0 amide bonds. The Balaban J connectivity index is 1.54. The average Bonchev–Trinajstić information content (AvgIpc) is 2.66. The highest BCUT2D eigenvalue weighted by Crippen LogP contribution is 2.36. The summed E-state index contributed by atoms with van der Waals surface area (Å²) in [6.45, 7) is 7.66. The second-order valence-corrected chi connectivity index (χ2v) is 7.01. The number of nitrogens with zero attached hydrogens (tertiary/aromatic N) is 2. The number of para-hydroxylation sites is 1. The molecule has 0 aliphatic carbocycles. The van der Waals surface area contributed by atoms with Crippen molar-refractivity contribution >= 4 is 16.6 Å². The smallest absolute Gasteiger partial charge is 0.219 e. The van der Waals surface area contributed by atoms with Gasteiger partial charge in [0.25, 0.3) is 0 Å². The molecule has 0 bridgehead atoms. The monoisotopic (exact) mass is 325 g/mol. The summed E-state index contributed by atoms with van der Waals surface area (Å²) in [6, 6.07) is 8.37. The van der Waals surface area contributed by atoms with E-state index in [-0.39, 0.29) is 0 Å². The molecule has 0 spiro atoms. The number of benzene rings is 1. The van der Waals surface area contributed by atoms with Gasteiger partial charge < -0.3 is 15.0 Å². The first-order chi connectivity index (χ1) is 11.8. The standard InChI is InChI=1S/C20H27N3O/c1-2-23-12-9-15(10-13-23)14-24-20-17-7-5-11-21-19(17)16-6-3-4-8-18(16)22-20/h3-4,6,8,15,21H,2,5,7,9-14H2,1H3. The molecule has 0 atom stereocenters. The molecule has 1 aromatic carbocycles. The number of rotatable bonds is 4. The van der Waals surface area contributed by atoms with Gasteiger partial charge in [-0.25, -0.2) is 4.98 Å². The molecule has 0 radical (unpaired) electrons. The van der Waals surface area contributed by atoms with Crippen LogP contribution in [0.15, 0.2) is 24.3 Å². The van der Waals surface area contributed by atoms with Gasteiger partial charge in [0.15, 0.2) is 0 Å². The van der Waals surface area contributed by atoms with Gasteiger partial charge >= 0.3 is 0 Å². The largest absolute Gasteiger partial charge is 0.477 e. The molecule has 2 aliphatic heterocycles. The maximum absolute atomic E-state index is 6.25. The lowest BCUT2D eigenvalue weighted by molar-refractivity contribution is 0.143. The van der Waals surface area contributed by atoms with Crippen molar-refractivity contribution in [2.24, 2.45) is 5.92 Å². The summed E-state index contributed by atoms with van der Waals surface area (Å²) < 4.78 is 6.25. The number of piperidine rings is 1. The molecule has 128 valence electrons. The van der Waals surface area contributed by atoms with Crippen LogP contribution in [0.2, 0.25) is 0 Å². The third-order valence-corrected chi connectivity index (χ3v) is 5.47. The maximum atomic E-state index is 6.25. The molecule has 0 unspecified atom stereocenters. The van der Waals surface area contributed by atoms with Crippen molar-refractivity contribution in [1.29, 1.82) is 0 Å². The van der Waals surface area contributed by atoms with E-state index in [2.05, 4.69) is 41.4 Å². The molecule has 3 heterocycles. The van der Waals surface area contributed by atoms with Gasteiger partial charge in [0.1, 0.15) is 0 Å². The summed E-state index contributed by atoms with van der Waals surface area (Å²) in [5.41, 5.74) is 3.54. The van der Waals surface area contributed by atoms with E-state index in [4.69, 9.17) is 9.72 Å². The SMILES string of the molecule is CCN1CCC(COc2nc3ccccc3c3c2CCCN3)CC1. The third kappa shape index (κ3) is 3.07. The van der Waals surface area contributed by atoms with E-state index in [9.17, 15) is 0 Å². The molecule has 0 saturated carbocycles. The maximum Gasteiger partial charge on any atom is 0.219 e. The molecule has 1 fully saturated rings. The Bertz CT molecular complexity index is 707. The molecule has 4 rings (SSSR count). The van der Waals surface area contributed by atoms with Gasteiger partial charge in [0, 0.05) is 17.5 Å². The van der Waals surface area contributed by atoms with Crippen molar-refractivity contribution in [3.63, 3.8) is 0 Å². The van der Waals surface area contributed by atoms with E-state index in [0.29, 0.717) is 5.92 Å². The Morgan fingerprint density at radius 2 is 2.08 bits per heavy atom. The zero-order valence-electron chi connectivity index (χ0n) is 14.6. The first-order valence-electron chi connectivity index (χ1n) is 9.36. The van der Waals surface area contributed by atoms with Crippen molar-refractivity contribution in [3.8, 4) is 5.88 Å². The topological polar surface area (TPSA) is 37.4 Å². The van der Waals surface area contributed by atoms with E-state index in [1.54, 1.807) is 0 Å². The first kappa shape index (κ1) is 15.7. The highest BCUT2D eigenvalue weighted by Gasteiger charge is 2.22. The van der Waals surface area contributed by atoms with Gasteiger partial charge in [-0.2, -0.15) is 0 Å². The molecule has 1 N–H and O–H groups in total. The van der Waals surface area contributed by atoms with Crippen molar-refractivity contribution in [3.05, 3.63) is 29.8 Å². The summed E-state index contributed by atoms with van der Waals surface area (Å²) >= 11 is 0. The van der Waals surface area contributed by atoms with Gasteiger partial charge in [-0.15, -0.1) is 0 Å². The zero-order valence-corrected chi connectivity index (χ0v) is 14.6. The van der Waals surface area contributed by atoms with Crippen LogP contribution >= 0.6 is 0 Å². The summed E-state index contributed by atoms with van der Waals surface area (Å²) in [4.78, 5) is 7.36. The van der Waals surface area contributed by atoms with Crippen LogP contribution in [0.25, 0.3) is 10.9 Å². The second kappa shape index (κ2) is 6.98. The molecule has 4 heteroatoms. The summed E-state index contributed by atoms with van der Waals surface area (Å²) in [6.07, 6.45) is 4.69. The quantitative estimate of drug-likeness (QED) is 0.930. The Morgan fingerprint density at radius 3 is 2.92 bits per heavy atom. The van der Waals surface area contributed by atoms with Crippen molar-refractivity contribution in [1.82, 2.24) is 9.88 Å². The van der Waals surface area contributed by atoms with Crippen LogP contribution in [0, 0.1) is 5.92 Å². The molecular formula is C20H27N3O. The normalized spacial score (nSPS) is 19.0. The number of hydrogen-bond acceptors (Lipinski definition) is 4. The van der Waals surface area contributed by atoms with Crippen LogP contribution in [-0.4, -0.2) is 42.7 Å². The average molecular weight is 325 g/mol. The molecule has 2 aliphatic rings. The Kier molecular flexibility index (Phi) is 4.56. The number of pyridine rings is 1. The van der Waals surface area contributed by atoms with Crippen LogP contribution in [0.3, 0.4) is 0 Å². The molecule has 24 heavy (non-hydrogen) atoms. The van der Waals surface area contributed by atoms with Crippen molar-refractivity contribution in [2.45, 2.75) is 32.6 Å². The van der Waals surface area contributed by atoms with Crippen LogP contribution in [0.5, 0.6) is 5.88 Å². The van der Waals surface area contributed by atoms with Crippen LogP contribution in [0.1, 0.15) is 31.7 Å². The number of anilines is 1. The second-order valence-electron chi connectivity index (χ2n) is 7.01. The predicted octanol–water partition coefficient (Wildman–Crippen LogP) is 3.70. The first-order valence-corrected chi connectivity index (χ1v) is 9.36. The third-order valence-electron chi connectivity index (χ3n) is 5.47. The summed E-state index contributed by atoms with van der Waals surface area (Å²) in [5.74, 6) is 1.52. The van der Waals surface area contributed by atoms with Gasteiger partial charge in [0.05, 0.1) is 17.8 Å². The molecule has 1 aromatic heterocycles. The molecule has 1 saturated heterocycles. The minimum atomic E-state index is 0.660. The van der Waals surface area contributed by atoms with Crippen LogP contribution < -0.4 is 10.1 Å². The van der Waals surface area contributed by atoms with E-state index >= 15 is 0 Å². The van der Waals surface area contributed by atoms with Gasteiger partial charge in [-0.3, -0.25) is 0 Å². The van der Waals surface area contributed by atoms with Crippen molar-refractivity contribution < 1.29 is 4.74 Å². The van der Waals surface area contributed by atoms with Gasteiger partial charge in [0.2, 0.25) is 5.88 Å². The fraction of sp³-hybridized carbons (Fsp3) is 0.550.